The van der Waals surface area contributed by atoms with Crippen LogP contribution in [0.2, 0.25) is 0 Å². The largest absolute Gasteiger partial charge is 0.508 e. The van der Waals surface area contributed by atoms with Gasteiger partial charge in [0.25, 0.3) is 0 Å². The van der Waals surface area contributed by atoms with Crippen molar-refractivity contribution in [3.8, 4) is 5.75 Å². The zero-order chi connectivity index (χ0) is 10.2. The Morgan fingerprint density at radius 2 is 2.14 bits per heavy atom. The van der Waals surface area contributed by atoms with Gasteiger partial charge in [-0.3, -0.25) is 0 Å². The van der Waals surface area contributed by atoms with E-state index in [1.165, 1.54) is 18.9 Å². The molecule has 0 aromatic heterocycles. The number of rotatable bonds is 3. The predicted molar refractivity (Wildman–Crippen MR) is 52.5 cm³/mol. The SMILES string of the molecule is CC1(NCc2cc(O)cc(F)c2)CC1. The Balaban J connectivity index is 2.01. The fraction of sp³-hybridized carbons (Fsp3) is 0.455. The van der Waals surface area contributed by atoms with Crippen molar-refractivity contribution in [2.75, 3.05) is 0 Å². The molecule has 1 aliphatic rings. The molecule has 0 spiro atoms. The first kappa shape index (κ1) is 9.46. The second kappa shape index (κ2) is 3.24. The monoisotopic (exact) mass is 195 g/mol. The second-order valence-electron chi connectivity index (χ2n) is 4.23. The Morgan fingerprint density at radius 3 is 2.71 bits per heavy atom. The molecule has 2 rings (SSSR count). The third-order valence-electron chi connectivity index (χ3n) is 2.66. The van der Waals surface area contributed by atoms with Gasteiger partial charge < -0.3 is 10.4 Å². The van der Waals surface area contributed by atoms with E-state index >= 15 is 0 Å². The summed E-state index contributed by atoms with van der Waals surface area (Å²) in [4.78, 5) is 0. The van der Waals surface area contributed by atoms with Crippen molar-refractivity contribution in [3.05, 3.63) is 29.6 Å². The van der Waals surface area contributed by atoms with E-state index in [-0.39, 0.29) is 17.1 Å². The summed E-state index contributed by atoms with van der Waals surface area (Å²) in [5.74, 6) is -0.398. The van der Waals surface area contributed by atoms with Crippen LogP contribution in [0.4, 0.5) is 4.39 Å². The smallest absolute Gasteiger partial charge is 0.127 e. The minimum Gasteiger partial charge on any atom is -0.508 e. The minimum atomic E-state index is -0.386. The third kappa shape index (κ3) is 2.23. The number of aromatic hydroxyl groups is 1. The molecule has 0 amide bonds. The van der Waals surface area contributed by atoms with Crippen LogP contribution in [0.3, 0.4) is 0 Å². The quantitative estimate of drug-likeness (QED) is 0.774. The van der Waals surface area contributed by atoms with E-state index in [1.807, 2.05) is 0 Å². The van der Waals surface area contributed by atoms with E-state index in [2.05, 4.69) is 12.2 Å². The van der Waals surface area contributed by atoms with Crippen molar-refractivity contribution in [3.63, 3.8) is 0 Å². The Bertz CT molecular complexity index is 327. The lowest BCUT2D eigenvalue weighted by Crippen LogP contribution is -2.26. The van der Waals surface area contributed by atoms with Crippen LogP contribution < -0.4 is 5.32 Å². The average molecular weight is 195 g/mol. The van der Waals surface area contributed by atoms with E-state index in [0.29, 0.717) is 6.54 Å². The topological polar surface area (TPSA) is 32.3 Å². The number of benzene rings is 1. The molecule has 0 heterocycles. The maximum atomic E-state index is 12.9. The van der Waals surface area contributed by atoms with Crippen LogP contribution in [-0.4, -0.2) is 10.6 Å². The van der Waals surface area contributed by atoms with Gasteiger partial charge in [0, 0.05) is 18.2 Å². The number of phenols is 1. The Hall–Kier alpha value is -1.09. The molecule has 1 saturated carbocycles. The number of hydrogen-bond donors (Lipinski definition) is 2. The summed E-state index contributed by atoms with van der Waals surface area (Å²) in [5, 5.41) is 12.5. The highest BCUT2D eigenvalue weighted by molar-refractivity contribution is 5.28. The fourth-order valence-corrected chi connectivity index (χ4v) is 1.42. The van der Waals surface area contributed by atoms with Crippen molar-refractivity contribution in [2.45, 2.75) is 31.8 Å². The molecular formula is C11H14FNO. The maximum Gasteiger partial charge on any atom is 0.127 e. The molecule has 3 heteroatoms. The van der Waals surface area contributed by atoms with E-state index in [4.69, 9.17) is 0 Å². The van der Waals surface area contributed by atoms with Gasteiger partial charge >= 0.3 is 0 Å². The lowest BCUT2D eigenvalue weighted by Gasteiger charge is -2.11. The van der Waals surface area contributed by atoms with Crippen LogP contribution >= 0.6 is 0 Å². The van der Waals surface area contributed by atoms with Crippen molar-refractivity contribution >= 4 is 0 Å². The molecule has 0 atom stereocenters. The summed E-state index contributed by atoms with van der Waals surface area (Å²) >= 11 is 0. The summed E-state index contributed by atoms with van der Waals surface area (Å²) < 4.78 is 12.9. The predicted octanol–water partition coefficient (Wildman–Crippen LogP) is 2.17. The first-order valence-electron chi connectivity index (χ1n) is 4.81. The molecule has 1 aliphatic carbocycles. The summed E-state index contributed by atoms with van der Waals surface area (Å²) in [6, 6.07) is 4.14. The minimum absolute atomic E-state index is 0.0113. The van der Waals surface area contributed by atoms with Gasteiger partial charge in [-0.1, -0.05) is 0 Å². The lowest BCUT2D eigenvalue weighted by atomic mass is 10.2. The van der Waals surface area contributed by atoms with Gasteiger partial charge in [-0.15, -0.1) is 0 Å². The molecule has 76 valence electrons. The van der Waals surface area contributed by atoms with E-state index in [9.17, 15) is 9.50 Å². The molecule has 1 aromatic carbocycles. The van der Waals surface area contributed by atoms with Gasteiger partial charge in [0.05, 0.1) is 0 Å². The van der Waals surface area contributed by atoms with Gasteiger partial charge in [-0.05, 0) is 37.5 Å². The number of halogens is 1. The first-order valence-corrected chi connectivity index (χ1v) is 4.81. The van der Waals surface area contributed by atoms with Crippen molar-refractivity contribution in [1.82, 2.24) is 5.32 Å². The van der Waals surface area contributed by atoms with Crippen LogP contribution in [0, 0.1) is 5.82 Å². The molecule has 0 saturated heterocycles. The van der Waals surface area contributed by atoms with E-state index < -0.39 is 0 Å². The summed E-state index contributed by atoms with van der Waals surface area (Å²) in [5.41, 5.74) is 1.03. The van der Waals surface area contributed by atoms with Crippen LogP contribution in [0.5, 0.6) is 5.75 Å². The van der Waals surface area contributed by atoms with Crippen molar-refractivity contribution in [1.29, 1.82) is 0 Å². The van der Waals surface area contributed by atoms with E-state index in [1.54, 1.807) is 6.07 Å². The van der Waals surface area contributed by atoms with Gasteiger partial charge in [0.2, 0.25) is 0 Å². The number of phenolic OH excluding ortho intramolecular Hbond substituents is 1. The molecule has 1 fully saturated rings. The molecule has 0 bridgehead atoms. The van der Waals surface area contributed by atoms with Gasteiger partial charge in [-0.25, -0.2) is 4.39 Å². The van der Waals surface area contributed by atoms with Crippen LogP contribution in [0.1, 0.15) is 25.3 Å². The summed E-state index contributed by atoms with van der Waals surface area (Å²) in [6.45, 7) is 2.76. The van der Waals surface area contributed by atoms with Crippen LogP contribution in [0.25, 0.3) is 0 Å². The Morgan fingerprint density at radius 1 is 1.43 bits per heavy atom. The molecule has 2 N–H and O–H groups in total. The molecule has 1 aromatic rings. The average Bonchev–Trinajstić information content (AvgIpc) is 2.80. The zero-order valence-corrected chi connectivity index (χ0v) is 8.18. The van der Waals surface area contributed by atoms with Crippen LogP contribution in [0.15, 0.2) is 18.2 Å². The summed E-state index contributed by atoms with van der Waals surface area (Å²) in [6.07, 6.45) is 2.35. The fourth-order valence-electron chi connectivity index (χ4n) is 1.42. The molecule has 0 unspecified atom stereocenters. The third-order valence-corrected chi connectivity index (χ3v) is 2.66. The lowest BCUT2D eigenvalue weighted by molar-refractivity contribution is 0.465. The number of hydrogen-bond acceptors (Lipinski definition) is 2. The first-order chi connectivity index (χ1) is 6.57. The Kier molecular flexibility index (Phi) is 2.19. The van der Waals surface area contributed by atoms with E-state index in [0.717, 1.165) is 11.6 Å². The molecule has 0 radical (unpaired) electrons. The second-order valence-corrected chi connectivity index (χ2v) is 4.23. The molecule has 0 aliphatic heterocycles. The maximum absolute atomic E-state index is 12.9. The van der Waals surface area contributed by atoms with Gasteiger partial charge in [0.1, 0.15) is 11.6 Å². The highest BCUT2D eigenvalue weighted by Gasteiger charge is 2.36. The Labute approximate surface area is 82.8 Å². The highest BCUT2D eigenvalue weighted by Crippen LogP contribution is 2.34. The molecule has 2 nitrogen and oxygen atoms in total. The normalized spacial score (nSPS) is 18.1. The van der Waals surface area contributed by atoms with Crippen molar-refractivity contribution < 1.29 is 9.50 Å². The summed E-state index contributed by atoms with van der Waals surface area (Å²) in [7, 11) is 0. The van der Waals surface area contributed by atoms with Crippen LogP contribution in [-0.2, 0) is 6.54 Å². The van der Waals surface area contributed by atoms with Crippen molar-refractivity contribution in [2.24, 2.45) is 0 Å². The highest BCUT2D eigenvalue weighted by atomic mass is 19.1. The zero-order valence-electron chi connectivity index (χ0n) is 8.18. The van der Waals surface area contributed by atoms with Gasteiger partial charge in [-0.2, -0.15) is 0 Å². The van der Waals surface area contributed by atoms with Gasteiger partial charge in [0.15, 0.2) is 0 Å². The molecular weight excluding hydrogens is 181 g/mol. The molecule has 14 heavy (non-hydrogen) atoms. The standard InChI is InChI=1S/C11H14FNO/c1-11(2-3-11)13-7-8-4-9(12)6-10(14)5-8/h4-6,13-14H,2-3,7H2,1H3. The number of nitrogens with one attached hydrogen (secondary N) is 1.